The minimum atomic E-state index is -0.0898. The number of hydrogen-bond acceptors (Lipinski definition) is 5. The molecule has 3 aromatic rings. The molecule has 0 amide bonds. The number of hydrogen-bond donors (Lipinski definition) is 0. The summed E-state index contributed by atoms with van der Waals surface area (Å²) >= 11 is 0. The van der Waals surface area contributed by atoms with E-state index in [-0.39, 0.29) is 11.1 Å². The molecule has 7 heteroatoms. The molecule has 3 aromatic heterocycles. The maximum atomic E-state index is 12.1. The van der Waals surface area contributed by atoms with E-state index in [1.807, 2.05) is 17.0 Å². The molecule has 23 heavy (non-hydrogen) atoms. The van der Waals surface area contributed by atoms with Gasteiger partial charge < -0.3 is 4.90 Å². The molecule has 4 heterocycles. The minimum absolute atomic E-state index is 0.0880. The number of rotatable bonds is 3. The lowest BCUT2D eigenvalue weighted by atomic mass is 10.0. The molecule has 0 saturated carbocycles. The van der Waals surface area contributed by atoms with Gasteiger partial charge in [-0.15, -0.1) is 0 Å². The Kier molecular flexibility index (Phi) is 3.18. The van der Waals surface area contributed by atoms with E-state index in [9.17, 15) is 9.59 Å². The fourth-order valence-electron chi connectivity index (χ4n) is 2.84. The number of fused-ring (bicyclic) bond motifs is 1. The van der Waals surface area contributed by atoms with Crippen molar-refractivity contribution in [2.75, 3.05) is 18.0 Å². The van der Waals surface area contributed by atoms with Crippen LogP contribution in [0.25, 0.3) is 5.65 Å². The lowest BCUT2D eigenvalue weighted by molar-refractivity contribution is 0.333. The van der Waals surface area contributed by atoms with E-state index >= 15 is 0 Å². The lowest BCUT2D eigenvalue weighted by Gasteiger charge is -2.40. The van der Waals surface area contributed by atoms with Crippen molar-refractivity contribution in [1.82, 2.24) is 19.2 Å². The lowest BCUT2D eigenvalue weighted by Crippen LogP contribution is -2.50. The standard InChI is InChI=1S/C16H15N5O2/c22-15-5-3-6-17-21(15)11-12-9-19(10-12)14-8-16(23)20-7-2-1-4-13(20)18-14/h1-8,12H,9-11H2. The summed E-state index contributed by atoms with van der Waals surface area (Å²) in [7, 11) is 0. The molecule has 1 saturated heterocycles. The molecule has 0 bridgehead atoms. The average Bonchev–Trinajstić information content (AvgIpc) is 2.52. The second kappa shape index (κ2) is 5.35. The van der Waals surface area contributed by atoms with E-state index in [0.29, 0.717) is 23.9 Å². The third-order valence-corrected chi connectivity index (χ3v) is 4.06. The molecular weight excluding hydrogens is 294 g/mol. The first-order valence-corrected chi connectivity index (χ1v) is 7.46. The van der Waals surface area contributed by atoms with Crippen LogP contribution in [0.2, 0.25) is 0 Å². The van der Waals surface area contributed by atoms with Crippen LogP contribution in [0.3, 0.4) is 0 Å². The molecule has 0 aromatic carbocycles. The van der Waals surface area contributed by atoms with Crippen LogP contribution in [0.4, 0.5) is 5.82 Å². The van der Waals surface area contributed by atoms with Crippen molar-refractivity contribution in [3.05, 3.63) is 69.5 Å². The molecule has 7 nitrogen and oxygen atoms in total. The van der Waals surface area contributed by atoms with Crippen molar-refractivity contribution in [2.45, 2.75) is 6.54 Å². The minimum Gasteiger partial charge on any atom is -0.356 e. The van der Waals surface area contributed by atoms with Gasteiger partial charge in [-0.1, -0.05) is 6.07 Å². The number of nitrogens with zero attached hydrogens (tertiary/aromatic N) is 5. The van der Waals surface area contributed by atoms with Gasteiger partial charge in [0, 0.05) is 43.5 Å². The van der Waals surface area contributed by atoms with Crippen LogP contribution in [-0.2, 0) is 6.54 Å². The van der Waals surface area contributed by atoms with Crippen molar-refractivity contribution >= 4 is 11.5 Å². The number of pyridine rings is 1. The summed E-state index contributed by atoms with van der Waals surface area (Å²) in [6, 6.07) is 10.2. The van der Waals surface area contributed by atoms with Crippen LogP contribution in [0.1, 0.15) is 0 Å². The molecule has 0 atom stereocenters. The Morgan fingerprint density at radius 3 is 2.78 bits per heavy atom. The van der Waals surface area contributed by atoms with E-state index < -0.39 is 0 Å². The predicted octanol–water partition coefficient (Wildman–Crippen LogP) is 0.388. The van der Waals surface area contributed by atoms with Crippen molar-refractivity contribution in [3.63, 3.8) is 0 Å². The first-order valence-electron chi connectivity index (χ1n) is 7.46. The van der Waals surface area contributed by atoms with Gasteiger partial charge in [0.25, 0.3) is 11.1 Å². The van der Waals surface area contributed by atoms with Crippen molar-refractivity contribution in [3.8, 4) is 0 Å². The molecular formula is C16H15N5O2. The topological polar surface area (TPSA) is 72.5 Å². The van der Waals surface area contributed by atoms with Crippen LogP contribution < -0.4 is 16.0 Å². The smallest absolute Gasteiger partial charge is 0.266 e. The van der Waals surface area contributed by atoms with Gasteiger partial charge in [-0.3, -0.25) is 14.0 Å². The van der Waals surface area contributed by atoms with Gasteiger partial charge in [-0.2, -0.15) is 5.10 Å². The summed E-state index contributed by atoms with van der Waals surface area (Å²) in [5.41, 5.74) is 0.461. The third-order valence-electron chi connectivity index (χ3n) is 4.06. The van der Waals surface area contributed by atoms with Gasteiger partial charge in [-0.25, -0.2) is 9.67 Å². The highest BCUT2D eigenvalue weighted by Crippen LogP contribution is 2.22. The Bertz CT molecular complexity index is 972. The maximum absolute atomic E-state index is 12.1. The van der Waals surface area contributed by atoms with Gasteiger partial charge in [0.2, 0.25) is 0 Å². The Balaban J connectivity index is 1.51. The summed E-state index contributed by atoms with van der Waals surface area (Å²) in [4.78, 5) is 30.3. The van der Waals surface area contributed by atoms with Crippen molar-refractivity contribution in [1.29, 1.82) is 0 Å². The molecule has 0 spiro atoms. The van der Waals surface area contributed by atoms with Crippen LogP contribution in [0.5, 0.6) is 0 Å². The van der Waals surface area contributed by atoms with Crippen molar-refractivity contribution in [2.24, 2.45) is 5.92 Å². The Morgan fingerprint density at radius 2 is 1.96 bits per heavy atom. The number of aromatic nitrogens is 4. The molecule has 1 fully saturated rings. The first-order chi connectivity index (χ1) is 11.2. The zero-order chi connectivity index (χ0) is 15.8. The fourth-order valence-corrected chi connectivity index (χ4v) is 2.84. The zero-order valence-corrected chi connectivity index (χ0v) is 12.4. The van der Waals surface area contributed by atoms with Crippen LogP contribution in [-0.4, -0.2) is 32.3 Å². The quantitative estimate of drug-likeness (QED) is 0.700. The van der Waals surface area contributed by atoms with Gasteiger partial charge >= 0.3 is 0 Å². The largest absolute Gasteiger partial charge is 0.356 e. The second-order valence-corrected chi connectivity index (χ2v) is 5.70. The summed E-state index contributed by atoms with van der Waals surface area (Å²) in [5, 5.41) is 4.07. The van der Waals surface area contributed by atoms with E-state index in [0.717, 1.165) is 13.1 Å². The number of anilines is 1. The molecule has 1 aliphatic rings. The van der Waals surface area contributed by atoms with E-state index in [1.54, 1.807) is 30.6 Å². The predicted molar refractivity (Wildman–Crippen MR) is 85.7 cm³/mol. The average molecular weight is 309 g/mol. The maximum Gasteiger partial charge on any atom is 0.266 e. The molecule has 0 radical (unpaired) electrons. The van der Waals surface area contributed by atoms with E-state index in [4.69, 9.17) is 0 Å². The zero-order valence-electron chi connectivity index (χ0n) is 12.4. The molecule has 1 aliphatic heterocycles. The Labute approximate surface area is 131 Å². The first kappa shape index (κ1) is 13.7. The van der Waals surface area contributed by atoms with Crippen LogP contribution >= 0.6 is 0 Å². The van der Waals surface area contributed by atoms with Crippen LogP contribution in [0.15, 0.2) is 58.4 Å². The Morgan fingerprint density at radius 1 is 1.09 bits per heavy atom. The van der Waals surface area contributed by atoms with Gasteiger partial charge in [0.05, 0.1) is 6.54 Å². The van der Waals surface area contributed by atoms with Gasteiger partial charge in [0.1, 0.15) is 11.5 Å². The van der Waals surface area contributed by atoms with E-state index in [2.05, 4.69) is 10.1 Å². The monoisotopic (exact) mass is 309 g/mol. The highest BCUT2D eigenvalue weighted by Gasteiger charge is 2.29. The molecule has 0 aliphatic carbocycles. The van der Waals surface area contributed by atoms with Gasteiger partial charge in [-0.05, 0) is 18.2 Å². The Hall–Kier alpha value is -2.96. The third kappa shape index (κ3) is 2.50. The van der Waals surface area contributed by atoms with Crippen molar-refractivity contribution < 1.29 is 0 Å². The SMILES string of the molecule is O=c1cccnn1CC1CN(c2cc(=O)n3ccccc3n2)C1. The summed E-state index contributed by atoms with van der Waals surface area (Å²) in [5.74, 6) is 1.02. The summed E-state index contributed by atoms with van der Waals surface area (Å²) in [6.45, 7) is 2.11. The highest BCUT2D eigenvalue weighted by atomic mass is 16.1. The fraction of sp³-hybridized carbons (Fsp3) is 0.250. The van der Waals surface area contributed by atoms with Crippen LogP contribution in [0, 0.1) is 5.92 Å². The summed E-state index contributed by atoms with van der Waals surface area (Å²) in [6.07, 6.45) is 3.32. The molecule has 4 rings (SSSR count). The van der Waals surface area contributed by atoms with Gasteiger partial charge in [0.15, 0.2) is 0 Å². The molecule has 116 valence electrons. The highest BCUT2D eigenvalue weighted by molar-refractivity contribution is 5.49. The summed E-state index contributed by atoms with van der Waals surface area (Å²) < 4.78 is 3.00. The van der Waals surface area contributed by atoms with E-state index in [1.165, 1.54) is 15.1 Å². The second-order valence-electron chi connectivity index (χ2n) is 5.70. The normalized spacial score (nSPS) is 14.9. The molecule has 0 unspecified atom stereocenters. The molecule has 0 N–H and O–H groups in total.